The molecular weight excluding hydrogens is 348 g/mol. The number of Topliss-reactive ketones (excluding diaryl/α,β-unsaturated/α-hetero) is 1. The molecule has 2 aliphatic rings. The van der Waals surface area contributed by atoms with E-state index in [9.17, 15) is 9.59 Å². The van der Waals surface area contributed by atoms with Crippen molar-refractivity contribution in [1.82, 2.24) is 0 Å². The van der Waals surface area contributed by atoms with Crippen LogP contribution >= 0.6 is 0 Å². The highest BCUT2D eigenvalue weighted by Gasteiger charge is 2.43. The minimum atomic E-state index is -0.293. The molecule has 1 aromatic rings. The van der Waals surface area contributed by atoms with E-state index in [-0.39, 0.29) is 36.5 Å². The number of esters is 1. The zero-order valence-corrected chi connectivity index (χ0v) is 16.0. The largest absolute Gasteiger partial charge is 0.493 e. The van der Waals surface area contributed by atoms with Gasteiger partial charge in [-0.2, -0.15) is 0 Å². The molecule has 0 radical (unpaired) electrons. The van der Waals surface area contributed by atoms with Crippen LogP contribution in [0.5, 0.6) is 11.5 Å². The van der Waals surface area contributed by atoms with Crippen molar-refractivity contribution in [2.24, 2.45) is 11.8 Å². The van der Waals surface area contributed by atoms with Gasteiger partial charge in [0.2, 0.25) is 0 Å². The number of carbonyl (C=O) groups excluding carboxylic acids is 2. The van der Waals surface area contributed by atoms with Crippen LogP contribution in [0.15, 0.2) is 29.8 Å². The molecule has 0 N–H and O–H groups in total. The molecule has 1 aromatic carbocycles. The van der Waals surface area contributed by atoms with E-state index >= 15 is 0 Å². The quantitative estimate of drug-likeness (QED) is 0.540. The van der Waals surface area contributed by atoms with Crippen LogP contribution in [0.3, 0.4) is 0 Å². The molecule has 0 saturated heterocycles. The Labute approximate surface area is 159 Å². The first kappa shape index (κ1) is 19.4. The highest BCUT2D eigenvalue weighted by Crippen LogP contribution is 2.43. The van der Waals surface area contributed by atoms with Crippen LogP contribution in [0.2, 0.25) is 0 Å². The number of methoxy groups -OCH3 is 2. The maximum atomic E-state index is 12.3. The van der Waals surface area contributed by atoms with Gasteiger partial charge in [0.05, 0.1) is 7.11 Å². The Morgan fingerprint density at radius 1 is 1.22 bits per heavy atom. The standard InChI is InChI=1S/C21H26O6/c1-13(22)27-19-9-7-17(23)16-6-5-15(21(16)19)10-14-4-8-18(25-3)20(11-14)26-12-24-2/h4,6,8,11,15,19,21H,5,7,9-10,12H2,1-3H3/t15-,19+,21-/m1/s1. The molecule has 0 amide bonds. The molecule has 0 unspecified atom stereocenters. The fraction of sp³-hybridized carbons (Fsp3) is 0.524. The van der Waals surface area contributed by atoms with Crippen LogP contribution in [-0.4, -0.2) is 38.9 Å². The summed E-state index contributed by atoms with van der Waals surface area (Å²) in [5, 5.41) is 0. The lowest BCUT2D eigenvalue weighted by molar-refractivity contribution is -0.151. The van der Waals surface area contributed by atoms with Gasteiger partial charge in [-0.1, -0.05) is 12.1 Å². The molecule has 6 nitrogen and oxygen atoms in total. The van der Waals surface area contributed by atoms with Crippen molar-refractivity contribution < 1.29 is 28.5 Å². The fourth-order valence-corrected chi connectivity index (χ4v) is 4.16. The minimum absolute atomic E-state index is 0.0272. The van der Waals surface area contributed by atoms with E-state index in [0.29, 0.717) is 24.3 Å². The average molecular weight is 374 g/mol. The van der Waals surface area contributed by atoms with E-state index in [1.807, 2.05) is 24.3 Å². The van der Waals surface area contributed by atoms with Gasteiger partial charge >= 0.3 is 5.97 Å². The van der Waals surface area contributed by atoms with Crippen molar-refractivity contribution in [2.45, 2.75) is 38.7 Å². The minimum Gasteiger partial charge on any atom is -0.493 e. The summed E-state index contributed by atoms with van der Waals surface area (Å²) in [5.74, 6) is 1.35. The zero-order chi connectivity index (χ0) is 19.4. The summed E-state index contributed by atoms with van der Waals surface area (Å²) in [7, 11) is 3.16. The first-order valence-electron chi connectivity index (χ1n) is 9.22. The van der Waals surface area contributed by atoms with Crippen molar-refractivity contribution in [3.8, 4) is 11.5 Å². The van der Waals surface area contributed by atoms with E-state index in [1.165, 1.54) is 6.92 Å². The van der Waals surface area contributed by atoms with Gasteiger partial charge in [0.15, 0.2) is 24.1 Å². The highest BCUT2D eigenvalue weighted by molar-refractivity contribution is 5.97. The van der Waals surface area contributed by atoms with E-state index in [0.717, 1.165) is 24.0 Å². The van der Waals surface area contributed by atoms with Gasteiger partial charge in [-0.3, -0.25) is 9.59 Å². The second-order valence-electron chi connectivity index (χ2n) is 7.03. The van der Waals surface area contributed by atoms with E-state index in [1.54, 1.807) is 14.2 Å². The number of hydrogen-bond donors (Lipinski definition) is 0. The summed E-state index contributed by atoms with van der Waals surface area (Å²) >= 11 is 0. The Morgan fingerprint density at radius 2 is 2.04 bits per heavy atom. The van der Waals surface area contributed by atoms with Crippen LogP contribution in [0.1, 0.15) is 31.7 Å². The second-order valence-corrected chi connectivity index (χ2v) is 7.03. The summed E-state index contributed by atoms with van der Waals surface area (Å²) in [6.07, 6.45) is 4.43. The number of carbonyl (C=O) groups is 2. The Kier molecular flexibility index (Phi) is 6.16. The highest BCUT2D eigenvalue weighted by atomic mass is 16.7. The third kappa shape index (κ3) is 4.33. The van der Waals surface area contributed by atoms with Gasteiger partial charge in [-0.25, -0.2) is 0 Å². The van der Waals surface area contributed by atoms with Gasteiger partial charge in [0, 0.05) is 26.4 Å². The maximum Gasteiger partial charge on any atom is 0.302 e. The number of fused-ring (bicyclic) bond motifs is 1. The number of allylic oxidation sites excluding steroid dienone is 1. The zero-order valence-electron chi connectivity index (χ0n) is 16.0. The third-order valence-electron chi connectivity index (χ3n) is 5.26. The van der Waals surface area contributed by atoms with Gasteiger partial charge in [0.1, 0.15) is 6.10 Å². The predicted octanol–water partition coefficient (Wildman–Crippen LogP) is 3.08. The summed E-state index contributed by atoms with van der Waals surface area (Å²) in [4.78, 5) is 23.8. The van der Waals surface area contributed by atoms with Crippen LogP contribution in [-0.2, 0) is 25.5 Å². The van der Waals surface area contributed by atoms with Crippen molar-refractivity contribution in [3.63, 3.8) is 0 Å². The molecule has 1 saturated carbocycles. The normalized spacial score (nSPS) is 24.2. The second kappa shape index (κ2) is 8.57. The third-order valence-corrected chi connectivity index (χ3v) is 5.26. The molecule has 0 aromatic heterocycles. The molecule has 2 aliphatic carbocycles. The molecule has 0 bridgehead atoms. The monoisotopic (exact) mass is 374 g/mol. The predicted molar refractivity (Wildman–Crippen MR) is 98.7 cm³/mol. The van der Waals surface area contributed by atoms with Gasteiger partial charge in [0.25, 0.3) is 0 Å². The van der Waals surface area contributed by atoms with Gasteiger partial charge in [-0.05, 0) is 48.4 Å². The van der Waals surface area contributed by atoms with Crippen molar-refractivity contribution in [1.29, 1.82) is 0 Å². The lowest BCUT2D eigenvalue weighted by atomic mass is 9.75. The van der Waals surface area contributed by atoms with Crippen molar-refractivity contribution in [3.05, 3.63) is 35.4 Å². The Bertz CT molecular complexity index is 738. The first-order chi connectivity index (χ1) is 13.0. The van der Waals surface area contributed by atoms with Gasteiger partial charge in [-0.15, -0.1) is 0 Å². The fourth-order valence-electron chi connectivity index (χ4n) is 4.16. The maximum absolute atomic E-state index is 12.3. The van der Waals surface area contributed by atoms with Gasteiger partial charge < -0.3 is 18.9 Å². The molecule has 0 heterocycles. The number of rotatable bonds is 7. The summed E-state index contributed by atoms with van der Waals surface area (Å²) in [6, 6.07) is 5.82. The number of ether oxygens (including phenoxy) is 4. The molecule has 0 spiro atoms. The van der Waals surface area contributed by atoms with Crippen molar-refractivity contribution >= 4 is 11.8 Å². The van der Waals surface area contributed by atoms with Crippen LogP contribution < -0.4 is 9.47 Å². The molecule has 1 fully saturated rings. The number of benzene rings is 1. The molecule has 3 rings (SSSR count). The Balaban J connectivity index is 1.78. The Hall–Kier alpha value is -2.34. The molecule has 0 aliphatic heterocycles. The summed E-state index contributed by atoms with van der Waals surface area (Å²) in [5.41, 5.74) is 1.92. The van der Waals surface area contributed by atoms with Crippen LogP contribution in [0.4, 0.5) is 0 Å². The molecule has 6 heteroatoms. The lowest BCUT2D eigenvalue weighted by Gasteiger charge is -2.33. The van der Waals surface area contributed by atoms with E-state index in [2.05, 4.69) is 0 Å². The Morgan fingerprint density at radius 3 is 2.74 bits per heavy atom. The average Bonchev–Trinajstić information content (AvgIpc) is 3.07. The summed E-state index contributed by atoms with van der Waals surface area (Å²) < 4.78 is 21.5. The van der Waals surface area contributed by atoms with E-state index < -0.39 is 0 Å². The first-order valence-corrected chi connectivity index (χ1v) is 9.22. The number of hydrogen-bond acceptors (Lipinski definition) is 6. The molecule has 27 heavy (non-hydrogen) atoms. The smallest absolute Gasteiger partial charge is 0.302 e. The van der Waals surface area contributed by atoms with Crippen molar-refractivity contribution in [2.75, 3.05) is 21.0 Å². The lowest BCUT2D eigenvalue weighted by Crippen LogP contribution is -2.37. The number of ketones is 1. The van der Waals surface area contributed by atoms with Crippen LogP contribution in [0.25, 0.3) is 0 Å². The topological polar surface area (TPSA) is 71.1 Å². The molecular formula is C21H26O6. The summed E-state index contributed by atoms with van der Waals surface area (Å²) in [6.45, 7) is 1.56. The molecule has 146 valence electrons. The van der Waals surface area contributed by atoms with E-state index in [4.69, 9.17) is 18.9 Å². The van der Waals surface area contributed by atoms with Crippen LogP contribution in [0, 0.1) is 11.8 Å². The molecule has 3 atom stereocenters. The SMILES string of the molecule is COCOc1cc(C[C@H]2CC=C3C(=O)CC[C@H](OC(C)=O)[C@@H]32)ccc1OC.